The first-order chi connectivity index (χ1) is 46.2. The van der Waals surface area contributed by atoms with Gasteiger partial charge in [0.1, 0.15) is 40.7 Å². The summed E-state index contributed by atoms with van der Waals surface area (Å²) in [7, 11) is -5.51. The number of rotatable bonds is 19. The molecule has 25 nitrogen and oxygen atoms in total. The fourth-order valence-electron chi connectivity index (χ4n) is 11.9. The van der Waals surface area contributed by atoms with Crippen molar-refractivity contribution >= 4 is 137 Å². The first kappa shape index (κ1) is 74.0. The molecule has 4 atom stereocenters. The Labute approximate surface area is 590 Å². The number of ether oxygens (including phenoxy) is 2. The van der Waals surface area contributed by atoms with Crippen LogP contribution in [-0.4, -0.2) is 164 Å². The lowest BCUT2D eigenvalue weighted by molar-refractivity contribution is -0.140. The van der Waals surface area contributed by atoms with E-state index >= 15 is 0 Å². The van der Waals surface area contributed by atoms with Crippen molar-refractivity contribution < 1.29 is 50.6 Å². The number of nitrogens with one attached hydrogen (secondary N) is 1. The monoisotopic (exact) mass is 1480 g/mol. The van der Waals surface area contributed by atoms with Gasteiger partial charge >= 0.3 is 5.97 Å². The Morgan fingerprint density at radius 1 is 0.608 bits per heavy atom. The summed E-state index contributed by atoms with van der Waals surface area (Å²) < 4.78 is 71.3. The van der Waals surface area contributed by atoms with E-state index in [0.29, 0.717) is 60.4 Å². The number of anilines is 4. The smallest absolute Gasteiger partial charge is 0.322 e. The molecule has 4 aliphatic rings. The van der Waals surface area contributed by atoms with Crippen LogP contribution in [0.15, 0.2) is 145 Å². The second kappa shape index (κ2) is 31.8. The molecule has 97 heavy (non-hydrogen) atoms. The number of fused-ring (bicyclic) bond motifs is 2. The lowest BCUT2D eigenvalue weighted by Crippen LogP contribution is -2.48. The Morgan fingerprint density at radius 3 is 1.33 bits per heavy atom. The van der Waals surface area contributed by atoms with E-state index in [1.165, 1.54) is 61.5 Å². The molecule has 33 heteroatoms. The normalized spacial score (nSPS) is 19.2. The number of carbonyl (C=O) groups excluding carboxylic acids is 3. The summed E-state index contributed by atoms with van der Waals surface area (Å²) in [6.07, 6.45) is 13.8. The second-order valence-electron chi connectivity index (χ2n) is 23.0. The molecule has 2 saturated heterocycles. The van der Waals surface area contributed by atoms with Gasteiger partial charge in [0.15, 0.2) is 10.1 Å². The Morgan fingerprint density at radius 2 is 0.979 bits per heavy atom. The fourth-order valence-corrected chi connectivity index (χ4v) is 16.6. The Kier molecular flexibility index (Phi) is 24.2. The molecule has 4 aromatic heterocycles. The highest BCUT2D eigenvalue weighted by molar-refractivity contribution is 7.89. The van der Waals surface area contributed by atoms with E-state index in [9.17, 15) is 41.1 Å². The van der Waals surface area contributed by atoms with Crippen LogP contribution in [-0.2, 0) is 72.6 Å². The number of aliphatic carboxylic acids is 1. The third-order valence-corrected chi connectivity index (χ3v) is 20.8. The predicted octanol–water partition coefficient (Wildman–Crippen LogP) is 10.1. The van der Waals surface area contributed by atoms with Crippen LogP contribution in [0.2, 0.25) is 20.1 Å². The van der Waals surface area contributed by atoms with Crippen LogP contribution in [0.3, 0.4) is 0 Å². The average molecular weight is 1490 g/mol. The number of nitrogens with two attached hydrogens (primary N) is 1. The summed E-state index contributed by atoms with van der Waals surface area (Å²) in [5.74, 6) is -2.34. The molecule has 4 aromatic carbocycles. The van der Waals surface area contributed by atoms with Crippen molar-refractivity contribution in [2.45, 2.75) is 97.3 Å². The molecule has 2 fully saturated rings. The minimum absolute atomic E-state index is 0.0444. The lowest BCUT2D eigenvalue weighted by Gasteiger charge is -2.29. The van der Waals surface area contributed by atoms with Gasteiger partial charge in [-0.15, -0.1) is 23.2 Å². The number of aromatic nitrogens is 8. The van der Waals surface area contributed by atoms with Crippen LogP contribution in [0.4, 0.5) is 23.3 Å². The first-order valence-corrected chi connectivity index (χ1v) is 35.4. The van der Waals surface area contributed by atoms with Crippen molar-refractivity contribution in [2.75, 3.05) is 63.4 Å². The van der Waals surface area contributed by atoms with Crippen LogP contribution in [0.25, 0.3) is 22.3 Å². The Hall–Kier alpha value is -7.22. The molecule has 0 aliphatic carbocycles. The van der Waals surface area contributed by atoms with Crippen molar-refractivity contribution in [1.29, 1.82) is 0 Å². The summed E-state index contributed by atoms with van der Waals surface area (Å²) in [6.45, 7) is 7.05. The zero-order valence-corrected chi connectivity index (χ0v) is 59.1. The van der Waals surface area contributed by atoms with Gasteiger partial charge in [-0.2, -0.15) is 8.61 Å². The van der Waals surface area contributed by atoms with Gasteiger partial charge in [0, 0.05) is 109 Å². The highest BCUT2D eigenvalue weighted by Crippen LogP contribution is 2.48. The molecule has 0 bridgehead atoms. The van der Waals surface area contributed by atoms with Gasteiger partial charge in [-0.05, 0) is 105 Å². The maximum absolute atomic E-state index is 14.5. The van der Waals surface area contributed by atoms with E-state index in [1.807, 2.05) is 48.5 Å². The number of carboxylic acid groups (broad SMARTS) is 1. The minimum Gasteiger partial charge on any atom is -0.480 e. The molecular formula is C64H68Cl6N14O11S2. The van der Waals surface area contributed by atoms with E-state index in [4.69, 9.17) is 80.1 Å². The van der Waals surface area contributed by atoms with E-state index in [1.54, 1.807) is 83.0 Å². The molecule has 0 spiro atoms. The highest BCUT2D eigenvalue weighted by atomic mass is 35.5. The molecule has 8 heterocycles. The number of hydrogen-bond donors (Lipinski definition) is 3. The van der Waals surface area contributed by atoms with Crippen molar-refractivity contribution in [1.82, 2.24) is 53.0 Å². The molecular weight excluding hydrogens is 1420 g/mol. The Balaban J connectivity index is 0.000000203. The molecule has 12 rings (SSSR count). The van der Waals surface area contributed by atoms with Gasteiger partial charge in [0.2, 0.25) is 17.8 Å². The van der Waals surface area contributed by atoms with E-state index < -0.39 is 66.9 Å². The minimum atomic E-state index is -4.36. The number of benzene rings is 4. The summed E-state index contributed by atoms with van der Waals surface area (Å²) in [4.78, 5) is 81.2. The summed E-state index contributed by atoms with van der Waals surface area (Å²) in [5, 5.41) is 13.2. The lowest BCUT2D eigenvalue weighted by atomic mass is 9.91. The molecule has 3 amide bonds. The number of halogens is 6. The number of alkyl halides is 2. The van der Waals surface area contributed by atoms with Gasteiger partial charge in [-0.1, -0.05) is 94.9 Å². The van der Waals surface area contributed by atoms with Crippen molar-refractivity contribution in [3.63, 3.8) is 0 Å². The SMILES string of the molecule is CC(Cl)Cl.COCCN.COCCNC(=O)[C@@H]1CCCN1S(=O)(=O)c1cnc2n1[C@](C)(Cc1ccc(-c3cncnc3)cc1)C(=O)N2c1cc(Cl)cc(Cl)c1.C[C@@]1(Cc2ccc(-c3cncnc3)cc2)C(=O)N(c2cc(Cl)cc(Cl)c2)c2ncc(S(=O)(=O)N3CCC[C@H]3C(=O)O)n21. The standard InChI is InChI=1S/C31H31Cl2N7O5S.C28H24Cl2N6O5S.C3H9NO.C2H4Cl2/c1-31(15-20-5-7-21(8-6-20)22-16-34-19-35-17-22)29(42)39(25-13-23(32)12-24(33)14-25)30-37-18-27(40(30)31)46(43,44)38-10-3-4-26(38)28(41)36-9-11-45-2;1-28(12-17-4-6-18(7-5-17)19-13-31-16-32-14-19)26(39)35(22-10-20(29)9-21(30)11-22)27-33-15-24(36(27)28)42(40,41)34-8-2-3-23(34)25(37)38;1-5-3-2-4;1-2(3)4/h5-8,12-14,16-19,26H,3-4,9-11,15H2,1-2H3,(H,36,41);4-7,9-11,13-16,23H,2-3,8,12H2,1H3,(H,37,38);2-4H2,1H3;2H,1H3/t26-,31+;23-,28+;;/m00../s1. The van der Waals surface area contributed by atoms with Crippen molar-refractivity contribution in [3.05, 3.63) is 166 Å². The van der Waals surface area contributed by atoms with Crippen molar-refractivity contribution in [2.24, 2.45) is 5.73 Å². The number of carbonyl (C=O) groups is 4. The van der Waals surface area contributed by atoms with Gasteiger partial charge in [-0.3, -0.25) is 28.3 Å². The van der Waals surface area contributed by atoms with E-state index in [2.05, 4.69) is 40.0 Å². The zero-order valence-electron chi connectivity index (χ0n) is 53.0. The number of hydrogen-bond acceptors (Lipinski definition) is 17. The molecule has 0 radical (unpaired) electrons. The number of imidazole rings is 2. The van der Waals surface area contributed by atoms with Gasteiger partial charge in [0.25, 0.3) is 31.9 Å². The topological polar surface area (TPSA) is 313 Å². The average Bonchev–Trinajstić information content (AvgIpc) is 1.56. The van der Waals surface area contributed by atoms with Crippen LogP contribution in [0.5, 0.6) is 0 Å². The molecule has 8 aromatic rings. The fraction of sp³-hybridized carbons (Fsp3) is 0.344. The molecule has 0 unspecified atom stereocenters. The van der Waals surface area contributed by atoms with Gasteiger partial charge in [0.05, 0.1) is 37.0 Å². The molecule has 0 saturated carbocycles. The van der Waals surface area contributed by atoms with Crippen LogP contribution >= 0.6 is 69.6 Å². The maximum atomic E-state index is 14.5. The summed E-state index contributed by atoms with van der Waals surface area (Å²) in [6, 6.07) is 22.2. The Bertz CT molecular complexity index is 4330. The van der Waals surface area contributed by atoms with E-state index in [-0.39, 0.29) is 75.7 Å². The van der Waals surface area contributed by atoms with Crippen molar-refractivity contribution in [3.8, 4) is 22.3 Å². The highest BCUT2D eigenvalue weighted by Gasteiger charge is 2.55. The quantitative estimate of drug-likeness (QED) is 0.0500. The predicted molar refractivity (Wildman–Crippen MR) is 370 cm³/mol. The summed E-state index contributed by atoms with van der Waals surface area (Å²) >= 11 is 35.2. The number of carboxylic acids is 1. The first-order valence-electron chi connectivity index (χ1n) is 30.2. The zero-order chi connectivity index (χ0) is 70.1. The third-order valence-electron chi connectivity index (χ3n) is 16.2. The number of methoxy groups -OCH3 is 2. The molecule has 514 valence electrons. The number of sulfonamides is 2. The van der Waals surface area contributed by atoms with E-state index in [0.717, 1.165) is 37.7 Å². The summed E-state index contributed by atoms with van der Waals surface area (Å²) in [5.41, 5.74) is 7.73. The third kappa shape index (κ3) is 16.1. The second-order valence-corrected chi connectivity index (χ2v) is 30.0. The van der Waals surface area contributed by atoms with Crippen LogP contribution < -0.4 is 20.9 Å². The van der Waals surface area contributed by atoms with Gasteiger partial charge in [-0.25, -0.2) is 56.5 Å². The van der Waals surface area contributed by atoms with Gasteiger partial charge < -0.3 is 25.6 Å². The van der Waals surface area contributed by atoms with Crippen LogP contribution in [0.1, 0.15) is 57.6 Å². The molecule has 4 aliphatic heterocycles. The van der Waals surface area contributed by atoms with Crippen LogP contribution in [0, 0.1) is 0 Å². The maximum Gasteiger partial charge on any atom is 0.322 e. The largest absolute Gasteiger partial charge is 0.480 e. The number of amides is 3. The number of nitrogens with zero attached hydrogens (tertiary/aromatic N) is 12. The molecule has 4 N–H and O–H groups in total.